The molecule has 0 bridgehead atoms. The Morgan fingerprint density at radius 1 is 1.15 bits per heavy atom. The molecule has 1 amide bonds. The molecule has 0 saturated heterocycles. The second kappa shape index (κ2) is 10.8. The highest BCUT2D eigenvalue weighted by molar-refractivity contribution is 7.89. The minimum absolute atomic E-state index is 0.0800. The van der Waals surface area contributed by atoms with E-state index >= 15 is 0 Å². The molecule has 3 rings (SSSR count). The second-order valence-corrected chi connectivity index (χ2v) is 10.3. The van der Waals surface area contributed by atoms with E-state index in [9.17, 15) is 13.2 Å². The molecule has 0 aromatic heterocycles. The predicted octanol–water partition coefficient (Wildman–Crippen LogP) is 2.50. The number of aliphatic imine (C=N–C) groups is 1. The lowest BCUT2D eigenvalue weighted by Gasteiger charge is -2.20. The summed E-state index contributed by atoms with van der Waals surface area (Å²) in [6.07, 6.45) is 2.98. The third-order valence-electron chi connectivity index (χ3n) is 5.66. The number of rotatable bonds is 9. The molecule has 2 aromatic carbocycles. The van der Waals surface area contributed by atoms with Gasteiger partial charge in [-0.15, -0.1) is 0 Å². The molecular formula is C25H32N4O4S. The Hall–Kier alpha value is -3.17. The number of nitrogens with zero attached hydrogens (tertiary/aromatic N) is 3. The zero-order chi connectivity index (χ0) is 24.9. The second-order valence-electron chi connectivity index (χ2n) is 8.33. The molecule has 1 heterocycles. The van der Waals surface area contributed by atoms with Gasteiger partial charge in [-0.05, 0) is 42.7 Å². The van der Waals surface area contributed by atoms with E-state index in [-0.39, 0.29) is 17.3 Å². The average Bonchev–Trinajstić information content (AvgIpc) is 3.33. The number of amides is 1. The van der Waals surface area contributed by atoms with Gasteiger partial charge < -0.3 is 15.0 Å². The number of likely N-dealkylation sites (N-methyl/N-ethyl adjacent to an activating group) is 2. The van der Waals surface area contributed by atoms with Gasteiger partial charge in [-0.2, -0.15) is 4.31 Å². The molecule has 1 aliphatic rings. The first kappa shape index (κ1) is 25.5. The average molecular weight is 485 g/mol. The molecule has 0 fully saturated rings. The van der Waals surface area contributed by atoms with E-state index < -0.39 is 10.0 Å². The molecule has 2 aromatic rings. The number of sulfonamides is 1. The van der Waals surface area contributed by atoms with Crippen LogP contribution in [0.25, 0.3) is 0 Å². The Morgan fingerprint density at radius 2 is 1.79 bits per heavy atom. The highest BCUT2D eigenvalue weighted by Crippen LogP contribution is 2.27. The molecule has 0 spiro atoms. The summed E-state index contributed by atoms with van der Waals surface area (Å²) in [4.78, 5) is 18.8. The maximum atomic E-state index is 13.1. The summed E-state index contributed by atoms with van der Waals surface area (Å²) in [5, 5.41) is 3.24. The lowest BCUT2D eigenvalue weighted by atomic mass is 10.1. The van der Waals surface area contributed by atoms with E-state index in [0.717, 1.165) is 30.1 Å². The van der Waals surface area contributed by atoms with Crippen LogP contribution in [0.5, 0.6) is 5.75 Å². The molecule has 0 saturated carbocycles. The van der Waals surface area contributed by atoms with E-state index in [1.165, 1.54) is 17.4 Å². The van der Waals surface area contributed by atoms with Crippen molar-refractivity contribution in [3.05, 3.63) is 70.8 Å². The van der Waals surface area contributed by atoms with Gasteiger partial charge in [-0.25, -0.2) is 8.42 Å². The number of methoxy groups -OCH3 is 1. The van der Waals surface area contributed by atoms with E-state index in [1.54, 1.807) is 51.1 Å². The first-order valence-corrected chi connectivity index (χ1v) is 12.5. The molecule has 0 radical (unpaired) electrons. The summed E-state index contributed by atoms with van der Waals surface area (Å²) in [5.74, 6) is 1.32. The minimum atomic E-state index is -3.72. The molecule has 9 heteroatoms. The van der Waals surface area contributed by atoms with Gasteiger partial charge in [0.15, 0.2) is 0 Å². The molecular weight excluding hydrogens is 452 g/mol. The molecule has 0 unspecified atom stereocenters. The topological polar surface area (TPSA) is 91.3 Å². The van der Waals surface area contributed by atoms with E-state index in [4.69, 9.17) is 4.74 Å². The number of carbonyl (C=O) groups excluding carboxylic acids is 1. The molecule has 0 aliphatic carbocycles. The molecule has 1 aliphatic heterocycles. The van der Waals surface area contributed by atoms with Crippen molar-refractivity contribution >= 4 is 21.8 Å². The van der Waals surface area contributed by atoms with Gasteiger partial charge >= 0.3 is 0 Å². The molecule has 182 valence electrons. The summed E-state index contributed by atoms with van der Waals surface area (Å²) >= 11 is 0. The van der Waals surface area contributed by atoms with Crippen molar-refractivity contribution in [3.63, 3.8) is 0 Å². The summed E-state index contributed by atoms with van der Waals surface area (Å²) in [5.41, 5.74) is 3.26. The van der Waals surface area contributed by atoms with Gasteiger partial charge in [0.1, 0.15) is 11.6 Å². The molecule has 8 nitrogen and oxygen atoms in total. The fourth-order valence-corrected chi connectivity index (χ4v) is 5.36. The van der Waals surface area contributed by atoms with Crippen LogP contribution in [0, 0.1) is 13.8 Å². The lowest BCUT2D eigenvalue weighted by Crippen LogP contribution is -2.29. The smallest absolute Gasteiger partial charge is 0.246 e. The van der Waals surface area contributed by atoms with Crippen LogP contribution in [0.3, 0.4) is 0 Å². The zero-order valence-corrected chi connectivity index (χ0v) is 21.1. The van der Waals surface area contributed by atoms with Crippen molar-refractivity contribution < 1.29 is 17.9 Å². The Kier molecular flexibility index (Phi) is 8.11. The van der Waals surface area contributed by atoms with Crippen molar-refractivity contribution in [1.82, 2.24) is 14.5 Å². The number of carbonyl (C=O) groups is 1. The fourth-order valence-electron chi connectivity index (χ4n) is 3.83. The fraction of sp³-hybridized carbons (Fsp3) is 0.360. The summed E-state index contributed by atoms with van der Waals surface area (Å²) in [7, 11) is 1.05. The van der Waals surface area contributed by atoms with Crippen LogP contribution in [0.4, 0.5) is 0 Å². The lowest BCUT2D eigenvalue weighted by molar-refractivity contribution is -0.125. The molecule has 34 heavy (non-hydrogen) atoms. The van der Waals surface area contributed by atoms with Crippen molar-refractivity contribution in [2.45, 2.75) is 25.3 Å². The monoisotopic (exact) mass is 484 g/mol. The standard InChI is InChI=1S/C25H32N4O4S/c1-18-15-22(33-5)16-19(2)24(18)34(31,32)29(4)14-6-7-23(30)28(3)17-20-8-10-21(11-9-20)25-26-12-13-27-25/h6-11,15-16H,12-14,17H2,1-5H3,(H,26,27)/b7-6+. The first-order valence-electron chi connectivity index (χ1n) is 11.0. The van der Waals surface area contributed by atoms with Crippen LogP contribution in [0.1, 0.15) is 22.3 Å². The normalized spacial score (nSPS) is 13.8. The maximum absolute atomic E-state index is 13.1. The number of hydrogen-bond donors (Lipinski definition) is 1. The summed E-state index contributed by atoms with van der Waals surface area (Å²) in [6.45, 7) is 5.66. The number of aryl methyl sites for hydroxylation is 2. The zero-order valence-electron chi connectivity index (χ0n) is 20.3. The van der Waals surface area contributed by atoms with E-state index in [0.29, 0.717) is 23.4 Å². The van der Waals surface area contributed by atoms with Gasteiger partial charge in [0.05, 0.1) is 18.6 Å². The number of ether oxygens (including phenoxy) is 1. The van der Waals surface area contributed by atoms with Crippen LogP contribution >= 0.6 is 0 Å². The van der Waals surface area contributed by atoms with Crippen molar-refractivity contribution in [2.24, 2.45) is 4.99 Å². The Labute approximate surface area is 202 Å². The van der Waals surface area contributed by atoms with Crippen molar-refractivity contribution in [1.29, 1.82) is 0 Å². The number of hydrogen-bond acceptors (Lipinski definition) is 6. The summed E-state index contributed by atoms with van der Waals surface area (Å²) in [6, 6.07) is 11.3. The third-order valence-corrected chi connectivity index (χ3v) is 7.79. The van der Waals surface area contributed by atoms with Crippen LogP contribution in [0.15, 0.2) is 58.4 Å². The van der Waals surface area contributed by atoms with E-state index in [2.05, 4.69) is 10.3 Å². The number of benzene rings is 2. The van der Waals surface area contributed by atoms with Crippen LogP contribution < -0.4 is 10.1 Å². The highest BCUT2D eigenvalue weighted by atomic mass is 32.2. The SMILES string of the molecule is COc1cc(C)c(S(=O)(=O)N(C)C/C=C/C(=O)N(C)Cc2ccc(C3=NCCN3)cc2)c(C)c1. The van der Waals surface area contributed by atoms with Crippen LogP contribution in [-0.2, 0) is 21.4 Å². The largest absolute Gasteiger partial charge is 0.497 e. The minimum Gasteiger partial charge on any atom is -0.497 e. The Bertz CT molecular complexity index is 1180. The van der Waals surface area contributed by atoms with E-state index in [1.807, 2.05) is 24.3 Å². The van der Waals surface area contributed by atoms with Gasteiger partial charge in [-0.1, -0.05) is 30.3 Å². The number of nitrogens with one attached hydrogen (secondary N) is 1. The maximum Gasteiger partial charge on any atom is 0.246 e. The highest BCUT2D eigenvalue weighted by Gasteiger charge is 2.24. The predicted molar refractivity (Wildman–Crippen MR) is 134 cm³/mol. The van der Waals surface area contributed by atoms with Crippen molar-refractivity contribution in [3.8, 4) is 5.75 Å². The van der Waals surface area contributed by atoms with Gasteiger partial charge in [-0.3, -0.25) is 9.79 Å². The first-order chi connectivity index (χ1) is 16.1. The third kappa shape index (κ3) is 5.84. The molecule has 0 atom stereocenters. The quantitative estimate of drug-likeness (QED) is 0.552. The van der Waals surface area contributed by atoms with Gasteiger partial charge in [0, 0.05) is 45.4 Å². The molecule has 1 N–H and O–H groups in total. The van der Waals surface area contributed by atoms with Gasteiger partial charge in [0.2, 0.25) is 15.9 Å². The van der Waals surface area contributed by atoms with Crippen molar-refractivity contribution in [2.75, 3.05) is 40.8 Å². The van der Waals surface area contributed by atoms with Crippen LogP contribution in [0.2, 0.25) is 0 Å². The van der Waals surface area contributed by atoms with Gasteiger partial charge in [0.25, 0.3) is 0 Å². The Morgan fingerprint density at radius 3 is 2.35 bits per heavy atom. The number of amidine groups is 1. The van der Waals surface area contributed by atoms with Crippen LogP contribution in [-0.4, -0.2) is 70.2 Å². The Balaban J connectivity index is 1.59. The summed E-state index contributed by atoms with van der Waals surface area (Å²) < 4.78 is 32.6.